The normalized spacial score (nSPS) is 24.4. The molecular weight excluding hydrogens is 554 g/mol. The zero-order valence-corrected chi connectivity index (χ0v) is 22.7. The number of alkyl halides is 4. The summed E-state index contributed by atoms with van der Waals surface area (Å²) in [5, 5.41) is 11.7. The Morgan fingerprint density at radius 1 is 1.12 bits per heavy atom. The highest BCUT2D eigenvalue weighted by atomic mass is 19.3. The third-order valence-corrected chi connectivity index (χ3v) is 8.73. The third kappa shape index (κ3) is 5.87. The van der Waals surface area contributed by atoms with Crippen molar-refractivity contribution in [2.75, 3.05) is 0 Å². The van der Waals surface area contributed by atoms with Crippen LogP contribution in [-0.2, 0) is 11.3 Å². The van der Waals surface area contributed by atoms with Gasteiger partial charge in [-0.1, -0.05) is 0 Å². The fraction of sp³-hybridized carbons (Fsp3) is 0.621. The second-order valence-corrected chi connectivity index (χ2v) is 12.0. The van der Waals surface area contributed by atoms with Gasteiger partial charge in [0.2, 0.25) is 17.8 Å². The van der Waals surface area contributed by atoms with Gasteiger partial charge in [-0.25, -0.2) is 27.1 Å². The van der Waals surface area contributed by atoms with E-state index >= 15 is 0 Å². The molecule has 9 nitrogen and oxygen atoms in total. The summed E-state index contributed by atoms with van der Waals surface area (Å²) in [7, 11) is 0. The van der Waals surface area contributed by atoms with Gasteiger partial charge in [-0.3, -0.25) is 14.3 Å². The lowest BCUT2D eigenvalue weighted by molar-refractivity contribution is -0.134. The topological polar surface area (TPSA) is 120 Å². The molecule has 42 heavy (non-hydrogen) atoms. The Morgan fingerprint density at radius 2 is 1.86 bits per heavy atom. The van der Waals surface area contributed by atoms with E-state index in [2.05, 4.69) is 15.5 Å². The maximum Gasteiger partial charge on any atom is 0.266 e. The van der Waals surface area contributed by atoms with Crippen molar-refractivity contribution in [3.63, 3.8) is 0 Å². The molecule has 0 saturated heterocycles. The number of carbonyl (C=O) groups excluding carboxylic acids is 2. The number of halogens is 4. The first kappa shape index (κ1) is 23.0. The van der Waals surface area contributed by atoms with E-state index in [1.54, 1.807) is 18.5 Å². The number of aryl methyl sites for hydroxylation is 1. The second-order valence-electron chi connectivity index (χ2n) is 12.0. The molecule has 3 aromatic rings. The van der Waals surface area contributed by atoms with Crippen LogP contribution < -0.4 is 11.1 Å². The highest BCUT2D eigenvalue weighted by Gasteiger charge is 2.46. The summed E-state index contributed by atoms with van der Waals surface area (Å²) in [6, 6.07) is 2.50. The molecule has 3 fully saturated rings. The summed E-state index contributed by atoms with van der Waals surface area (Å²) >= 11 is 0. The van der Waals surface area contributed by atoms with Crippen LogP contribution in [-0.4, -0.2) is 48.0 Å². The number of nitrogens with one attached hydrogen (secondary N) is 1. The molecule has 3 heterocycles. The maximum atomic E-state index is 14.2. The average Bonchev–Trinajstić information content (AvgIpc) is 3.54. The van der Waals surface area contributed by atoms with Gasteiger partial charge in [0.1, 0.15) is 5.69 Å². The van der Waals surface area contributed by atoms with Crippen molar-refractivity contribution in [2.45, 2.75) is 94.9 Å². The van der Waals surface area contributed by atoms with E-state index in [9.17, 15) is 27.2 Å². The van der Waals surface area contributed by atoms with E-state index in [1.807, 2.05) is 0 Å². The van der Waals surface area contributed by atoms with E-state index in [0.29, 0.717) is 21.6 Å². The SMILES string of the molecule is [2H]C([2H])([2H])C([2H])([2H])n1nc([C@H](c2cn3ncc([C@H](NC(=O)CC4CC(F)(F)C4)C4CC4)cc3n2)C2CCC(F)(F)CC2)cc1C(N)=O. The second kappa shape index (κ2) is 10.6. The van der Waals surface area contributed by atoms with Crippen molar-refractivity contribution in [1.82, 2.24) is 29.7 Å². The Labute approximate surface area is 247 Å². The van der Waals surface area contributed by atoms with Crippen LogP contribution in [0.5, 0.6) is 0 Å². The van der Waals surface area contributed by atoms with E-state index in [-0.39, 0.29) is 55.5 Å². The summed E-state index contributed by atoms with van der Waals surface area (Å²) < 4.78 is 96.3. The number of carbonyl (C=O) groups is 2. The molecule has 0 spiro atoms. The first-order chi connectivity index (χ1) is 21.8. The summed E-state index contributed by atoms with van der Waals surface area (Å²) in [6.07, 6.45) is 3.53. The van der Waals surface area contributed by atoms with Gasteiger partial charge in [0.05, 0.1) is 32.6 Å². The number of imidazole rings is 1. The lowest BCUT2D eigenvalue weighted by Gasteiger charge is -2.34. The van der Waals surface area contributed by atoms with Gasteiger partial charge in [-0.05, 0) is 68.0 Å². The highest BCUT2D eigenvalue weighted by molar-refractivity contribution is 5.91. The number of nitrogens with zero attached hydrogens (tertiary/aromatic N) is 5. The standard InChI is InChI=1S/C29H35F4N7O2/c1-2-39-22(27(34)42)11-20(38-39)25(17-5-7-28(30,31)8-6-17)21-15-40-23(36-21)10-19(14-35-40)26(18-3-4-18)37-24(41)9-16-12-29(32,33)13-16/h10-11,14-18,25-26H,2-9,12-13H2,1H3,(H2,34,42)(H,37,41)/t25-,26-/m1/s1/i1D3,2D2. The van der Waals surface area contributed by atoms with Crippen molar-refractivity contribution in [2.24, 2.45) is 23.5 Å². The molecule has 226 valence electrons. The lowest BCUT2D eigenvalue weighted by atomic mass is 9.76. The molecule has 0 aromatic carbocycles. The monoisotopic (exact) mass is 594 g/mol. The lowest BCUT2D eigenvalue weighted by Crippen LogP contribution is -2.39. The quantitative estimate of drug-likeness (QED) is 0.320. The maximum absolute atomic E-state index is 14.2. The summed E-state index contributed by atoms with van der Waals surface area (Å²) in [6.45, 7) is -6.33. The molecule has 3 aliphatic rings. The molecule has 0 aliphatic heterocycles. The molecule has 3 aliphatic carbocycles. The summed E-state index contributed by atoms with van der Waals surface area (Å²) in [5.74, 6) is -8.57. The van der Waals surface area contributed by atoms with Crippen molar-refractivity contribution < 1.29 is 34.0 Å². The fourth-order valence-corrected chi connectivity index (χ4v) is 6.40. The Morgan fingerprint density at radius 3 is 2.50 bits per heavy atom. The van der Waals surface area contributed by atoms with Crippen LogP contribution in [0.1, 0.15) is 111 Å². The summed E-state index contributed by atoms with van der Waals surface area (Å²) in [4.78, 5) is 29.8. The number of rotatable bonds is 10. The van der Waals surface area contributed by atoms with Crippen LogP contribution in [0.2, 0.25) is 0 Å². The first-order valence-electron chi connectivity index (χ1n) is 16.6. The zero-order chi connectivity index (χ0) is 34.1. The predicted octanol–water partition coefficient (Wildman–Crippen LogP) is 5.00. The Balaban J connectivity index is 1.34. The van der Waals surface area contributed by atoms with E-state index < -0.39 is 67.5 Å². The Kier molecular flexibility index (Phi) is 5.83. The van der Waals surface area contributed by atoms with E-state index in [4.69, 9.17) is 17.6 Å². The number of hydrogen-bond acceptors (Lipinski definition) is 5. The molecule has 0 bridgehead atoms. The fourth-order valence-electron chi connectivity index (χ4n) is 6.40. The minimum absolute atomic E-state index is 0.00373. The zero-order valence-electron chi connectivity index (χ0n) is 27.7. The van der Waals surface area contributed by atoms with Gasteiger partial charge >= 0.3 is 0 Å². The van der Waals surface area contributed by atoms with Gasteiger partial charge in [-0.15, -0.1) is 0 Å². The van der Waals surface area contributed by atoms with Crippen LogP contribution >= 0.6 is 0 Å². The van der Waals surface area contributed by atoms with Gasteiger partial charge in [0.25, 0.3) is 5.91 Å². The molecule has 0 radical (unpaired) electrons. The largest absolute Gasteiger partial charge is 0.364 e. The van der Waals surface area contributed by atoms with E-state index in [1.165, 1.54) is 10.6 Å². The highest BCUT2D eigenvalue weighted by Crippen LogP contribution is 2.46. The Hall–Kier alpha value is -3.51. The van der Waals surface area contributed by atoms with Crippen LogP contribution in [0.25, 0.3) is 5.65 Å². The number of aromatic nitrogens is 5. The van der Waals surface area contributed by atoms with Crippen molar-refractivity contribution in [1.29, 1.82) is 0 Å². The minimum atomic E-state index is -3.22. The van der Waals surface area contributed by atoms with Crippen LogP contribution in [0.15, 0.2) is 24.5 Å². The third-order valence-electron chi connectivity index (χ3n) is 8.73. The van der Waals surface area contributed by atoms with Gasteiger partial charge in [0.15, 0.2) is 5.65 Å². The molecule has 0 unspecified atom stereocenters. The van der Waals surface area contributed by atoms with Gasteiger partial charge in [-0.2, -0.15) is 10.2 Å². The van der Waals surface area contributed by atoms with Gasteiger partial charge in [0, 0.05) is 48.6 Å². The van der Waals surface area contributed by atoms with E-state index in [0.717, 1.165) is 12.8 Å². The number of hydrogen-bond donors (Lipinski definition) is 2. The number of fused-ring (bicyclic) bond motifs is 1. The smallest absolute Gasteiger partial charge is 0.266 e. The van der Waals surface area contributed by atoms with Crippen molar-refractivity contribution in [3.8, 4) is 0 Å². The molecular formula is C29H35F4N7O2. The first-order valence-corrected chi connectivity index (χ1v) is 14.1. The van der Waals surface area contributed by atoms with Crippen molar-refractivity contribution in [3.05, 3.63) is 47.2 Å². The molecule has 13 heteroatoms. The van der Waals surface area contributed by atoms with Crippen LogP contribution in [0, 0.1) is 17.8 Å². The molecule has 2 atom stereocenters. The molecule has 6 rings (SSSR count). The molecule has 3 N–H and O–H groups in total. The number of amides is 2. The van der Waals surface area contributed by atoms with Crippen LogP contribution in [0.3, 0.4) is 0 Å². The average molecular weight is 595 g/mol. The predicted molar refractivity (Wildman–Crippen MR) is 144 cm³/mol. The van der Waals surface area contributed by atoms with Crippen LogP contribution in [0.4, 0.5) is 17.6 Å². The van der Waals surface area contributed by atoms with Gasteiger partial charge < -0.3 is 11.1 Å². The minimum Gasteiger partial charge on any atom is -0.364 e. The molecule has 3 aromatic heterocycles. The van der Waals surface area contributed by atoms with Crippen molar-refractivity contribution >= 4 is 17.5 Å². The Bertz CT molecular complexity index is 1670. The molecule has 2 amide bonds. The summed E-state index contributed by atoms with van der Waals surface area (Å²) in [5.41, 5.74) is 6.40. The number of nitrogens with two attached hydrogens (primary N) is 1. The molecule has 3 saturated carbocycles. The number of primary amides is 1.